The van der Waals surface area contributed by atoms with Crippen LogP contribution in [0.5, 0.6) is 0 Å². The first-order chi connectivity index (χ1) is 8.74. The van der Waals surface area contributed by atoms with Gasteiger partial charge in [0.15, 0.2) is 0 Å². The van der Waals surface area contributed by atoms with Crippen LogP contribution in [0, 0.1) is 5.41 Å². The van der Waals surface area contributed by atoms with Crippen molar-refractivity contribution >= 4 is 0 Å². The van der Waals surface area contributed by atoms with Crippen molar-refractivity contribution in [1.29, 1.82) is 0 Å². The van der Waals surface area contributed by atoms with Gasteiger partial charge in [0.25, 0.3) is 0 Å². The zero-order valence-corrected chi connectivity index (χ0v) is 11.8. The van der Waals surface area contributed by atoms with E-state index in [0.717, 1.165) is 13.0 Å². The van der Waals surface area contributed by atoms with Crippen LogP contribution < -0.4 is 5.32 Å². The van der Waals surface area contributed by atoms with Crippen molar-refractivity contribution in [2.24, 2.45) is 5.41 Å². The Balaban J connectivity index is 2.07. The first-order valence-electron chi connectivity index (χ1n) is 7.38. The largest absolute Gasteiger partial charge is 0.313 e. The van der Waals surface area contributed by atoms with E-state index in [1.54, 1.807) is 0 Å². The second-order valence-corrected chi connectivity index (χ2v) is 5.85. The second kappa shape index (κ2) is 6.33. The first-order valence-corrected chi connectivity index (χ1v) is 7.38. The van der Waals surface area contributed by atoms with Crippen molar-refractivity contribution < 1.29 is 0 Å². The highest BCUT2D eigenvalue weighted by Crippen LogP contribution is 2.39. The van der Waals surface area contributed by atoms with E-state index in [2.05, 4.69) is 36.3 Å². The summed E-state index contributed by atoms with van der Waals surface area (Å²) in [5.74, 6) is 0. The molecule has 100 valence electrons. The molecule has 0 amide bonds. The molecule has 0 aromatic carbocycles. The minimum absolute atomic E-state index is 0.450. The summed E-state index contributed by atoms with van der Waals surface area (Å²) < 4.78 is 0. The molecule has 1 fully saturated rings. The summed E-state index contributed by atoms with van der Waals surface area (Å²) >= 11 is 0. The molecular formula is C16H26N2. The molecule has 1 saturated carbocycles. The summed E-state index contributed by atoms with van der Waals surface area (Å²) in [4.78, 5) is 4.49. The molecular weight excluding hydrogens is 220 g/mol. The Morgan fingerprint density at radius 1 is 1.28 bits per heavy atom. The average Bonchev–Trinajstić information content (AvgIpc) is 2.40. The van der Waals surface area contributed by atoms with Crippen LogP contribution in [-0.4, -0.2) is 17.6 Å². The highest BCUT2D eigenvalue weighted by atomic mass is 14.9. The Bertz CT molecular complexity index is 341. The lowest BCUT2D eigenvalue weighted by molar-refractivity contribution is 0.144. The predicted octanol–water partition coefficient (Wildman–Crippen LogP) is 3.57. The summed E-state index contributed by atoms with van der Waals surface area (Å²) in [6.07, 6.45) is 9.88. The summed E-state index contributed by atoms with van der Waals surface area (Å²) in [5.41, 5.74) is 1.67. The molecule has 0 saturated heterocycles. The molecule has 1 aliphatic carbocycles. The van der Waals surface area contributed by atoms with Crippen LogP contribution in [0.1, 0.15) is 51.6 Å². The first kappa shape index (κ1) is 13.5. The van der Waals surface area contributed by atoms with Crippen molar-refractivity contribution in [2.75, 3.05) is 6.54 Å². The van der Waals surface area contributed by atoms with Gasteiger partial charge in [-0.25, -0.2) is 0 Å². The van der Waals surface area contributed by atoms with E-state index in [4.69, 9.17) is 0 Å². The van der Waals surface area contributed by atoms with Crippen LogP contribution in [0.15, 0.2) is 24.4 Å². The van der Waals surface area contributed by atoms with Gasteiger partial charge in [-0.05, 0) is 36.9 Å². The molecule has 1 aromatic rings. The third-order valence-electron chi connectivity index (χ3n) is 4.43. The molecule has 0 radical (unpaired) electrons. The SMILES string of the molecule is CCNC(Cc1ccccn1)C1(C)CCCCC1. The molecule has 1 unspecified atom stereocenters. The van der Waals surface area contributed by atoms with Gasteiger partial charge >= 0.3 is 0 Å². The number of nitrogens with zero attached hydrogens (tertiary/aromatic N) is 1. The van der Waals surface area contributed by atoms with Gasteiger partial charge in [-0.15, -0.1) is 0 Å². The monoisotopic (exact) mass is 246 g/mol. The standard InChI is InChI=1S/C16H26N2/c1-3-17-15(13-14-9-5-8-12-18-14)16(2)10-6-4-7-11-16/h5,8-9,12,15,17H,3-4,6-7,10-11,13H2,1-2H3. The zero-order valence-electron chi connectivity index (χ0n) is 11.8. The normalized spacial score (nSPS) is 20.6. The van der Waals surface area contributed by atoms with Gasteiger partial charge in [-0.2, -0.15) is 0 Å². The second-order valence-electron chi connectivity index (χ2n) is 5.85. The van der Waals surface area contributed by atoms with Crippen LogP contribution in [0.2, 0.25) is 0 Å². The van der Waals surface area contributed by atoms with Gasteiger partial charge < -0.3 is 5.32 Å². The van der Waals surface area contributed by atoms with Gasteiger partial charge in [0.05, 0.1) is 0 Å². The fourth-order valence-electron chi connectivity index (χ4n) is 3.25. The minimum atomic E-state index is 0.450. The fraction of sp³-hybridized carbons (Fsp3) is 0.688. The highest BCUT2D eigenvalue weighted by Gasteiger charge is 2.34. The molecule has 0 bridgehead atoms. The average molecular weight is 246 g/mol. The molecule has 1 N–H and O–H groups in total. The van der Waals surface area contributed by atoms with E-state index in [1.807, 2.05) is 12.3 Å². The van der Waals surface area contributed by atoms with Crippen LogP contribution >= 0.6 is 0 Å². The Morgan fingerprint density at radius 3 is 2.67 bits per heavy atom. The number of pyridine rings is 1. The molecule has 2 heteroatoms. The lowest BCUT2D eigenvalue weighted by Gasteiger charge is -2.41. The summed E-state index contributed by atoms with van der Waals surface area (Å²) in [7, 11) is 0. The number of rotatable bonds is 5. The summed E-state index contributed by atoms with van der Waals surface area (Å²) in [6.45, 7) is 5.72. The molecule has 1 aliphatic rings. The highest BCUT2D eigenvalue weighted by molar-refractivity contribution is 5.07. The minimum Gasteiger partial charge on any atom is -0.313 e. The van der Waals surface area contributed by atoms with Gasteiger partial charge in [0, 0.05) is 24.4 Å². The molecule has 0 spiro atoms. The van der Waals surface area contributed by atoms with Crippen LogP contribution in [0.25, 0.3) is 0 Å². The Morgan fingerprint density at radius 2 is 2.06 bits per heavy atom. The van der Waals surface area contributed by atoms with Crippen LogP contribution in [-0.2, 0) is 6.42 Å². The Kier molecular flexibility index (Phi) is 4.76. The van der Waals surface area contributed by atoms with Gasteiger partial charge in [0.1, 0.15) is 0 Å². The van der Waals surface area contributed by atoms with Crippen molar-refractivity contribution in [3.05, 3.63) is 30.1 Å². The maximum Gasteiger partial charge on any atom is 0.0419 e. The van der Waals surface area contributed by atoms with Crippen LogP contribution in [0.4, 0.5) is 0 Å². The summed E-state index contributed by atoms with van der Waals surface area (Å²) in [6, 6.07) is 6.80. The molecule has 1 aromatic heterocycles. The summed E-state index contributed by atoms with van der Waals surface area (Å²) in [5, 5.41) is 3.70. The third-order valence-corrected chi connectivity index (χ3v) is 4.43. The topological polar surface area (TPSA) is 24.9 Å². The van der Waals surface area contributed by atoms with Crippen molar-refractivity contribution in [3.8, 4) is 0 Å². The third kappa shape index (κ3) is 3.32. The lowest BCUT2D eigenvalue weighted by Crippen LogP contribution is -2.46. The lowest BCUT2D eigenvalue weighted by atomic mass is 9.69. The molecule has 0 aliphatic heterocycles. The fourth-order valence-corrected chi connectivity index (χ4v) is 3.25. The molecule has 2 nitrogen and oxygen atoms in total. The number of hydrogen-bond donors (Lipinski definition) is 1. The number of nitrogens with one attached hydrogen (secondary N) is 1. The van der Waals surface area contributed by atoms with E-state index in [9.17, 15) is 0 Å². The van der Waals surface area contributed by atoms with Gasteiger partial charge in [0.2, 0.25) is 0 Å². The van der Waals surface area contributed by atoms with Crippen molar-refractivity contribution in [1.82, 2.24) is 10.3 Å². The van der Waals surface area contributed by atoms with E-state index >= 15 is 0 Å². The number of hydrogen-bond acceptors (Lipinski definition) is 2. The van der Waals surface area contributed by atoms with E-state index < -0.39 is 0 Å². The van der Waals surface area contributed by atoms with Crippen LogP contribution in [0.3, 0.4) is 0 Å². The van der Waals surface area contributed by atoms with E-state index in [-0.39, 0.29) is 0 Å². The van der Waals surface area contributed by atoms with Crippen molar-refractivity contribution in [2.45, 2.75) is 58.4 Å². The molecule has 1 heterocycles. The quantitative estimate of drug-likeness (QED) is 0.859. The Labute approximate surface area is 111 Å². The smallest absolute Gasteiger partial charge is 0.0419 e. The van der Waals surface area contributed by atoms with Crippen molar-refractivity contribution in [3.63, 3.8) is 0 Å². The molecule has 18 heavy (non-hydrogen) atoms. The Hall–Kier alpha value is -0.890. The number of aromatic nitrogens is 1. The zero-order chi connectivity index (χ0) is 12.8. The maximum atomic E-state index is 4.49. The van der Waals surface area contributed by atoms with E-state index in [1.165, 1.54) is 37.8 Å². The predicted molar refractivity (Wildman–Crippen MR) is 76.6 cm³/mol. The van der Waals surface area contributed by atoms with E-state index in [0.29, 0.717) is 11.5 Å². The molecule has 1 atom stereocenters. The van der Waals surface area contributed by atoms with Gasteiger partial charge in [-0.3, -0.25) is 4.98 Å². The maximum absolute atomic E-state index is 4.49. The van der Waals surface area contributed by atoms with Gasteiger partial charge in [-0.1, -0.05) is 39.2 Å². The number of likely N-dealkylation sites (N-methyl/N-ethyl adjacent to an activating group) is 1. The molecule has 2 rings (SSSR count).